The first kappa shape index (κ1) is 11.9. The zero-order valence-electron chi connectivity index (χ0n) is 10.3. The van der Waals surface area contributed by atoms with E-state index in [1.54, 1.807) is 6.20 Å². The summed E-state index contributed by atoms with van der Waals surface area (Å²) < 4.78 is 0. The van der Waals surface area contributed by atoms with Crippen molar-refractivity contribution in [3.8, 4) is 0 Å². The van der Waals surface area contributed by atoms with E-state index < -0.39 is 0 Å². The van der Waals surface area contributed by atoms with Crippen LogP contribution in [-0.2, 0) is 11.3 Å². The fraction of sp³-hybridized carbons (Fsp3) is 0.538. The molecule has 4 heteroatoms. The van der Waals surface area contributed by atoms with Crippen LogP contribution in [-0.4, -0.2) is 28.9 Å². The lowest BCUT2D eigenvalue weighted by molar-refractivity contribution is -0.128. The lowest BCUT2D eigenvalue weighted by Crippen LogP contribution is -2.24. The topological polar surface area (TPSA) is 45.2 Å². The van der Waals surface area contributed by atoms with E-state index in [-0.39, 0.29) is 5.91 Å². The van der Waals surface area contributed by atoms with Crippen LogP contribution >= 0.6 is 0 Å². The Labute approximate surface area is 102 Å². The number of rotatable bonds is 5. The normalized spacial score (nSPS) is 15.4. The molecule has 1 aromatic rings. The minimum atomic E-state index is 0.249. The molecule has 0 bridgehead atoms. The van der Waals surface area contributed by atoms with Crippen molar-refractivity contribution in [1.29, 1.82) is 0 Å². The summed E-state index contributed by atoms with van der Waals surface area (Å²) >= 11 is 0. The number of hydrogen-bond acceptors (Lipinski definition) is 3. The summed E-state index contributed by atoms with van der Waals surface area (Å²) in [5.74, 6) is 0.249. The second-order valence-electron chi connectivity index (χ2n) is 4.38. The molecule has 17 heavy (non-hydrogen) atoms. The van der Waals surface area contributed by atoms with Gasteiger partial charge in [0, 0.05) is 31.4 Å². The van der Waals surface area contributed by atoms with Crippen LogP contribution in [0.1, 0.15) is 31.9 Å². The Hall–Kier alpha value is -1.58. The molecule has 92 valence electrons. The molecule has 1 aliphatic heterocycles. The lowest BCUT2D eigenvalue weighted by atomic mass is 10.3. The van der Waals surface area contributed by atoms with Gasteiger partial charge in [0.05, 0.1) is 12.2 Å². The minimum Gasteiger partial charge on any atom is -0.385 e. The molecule has 1 amide bonds. The lowest BCUT2D eigenvalue weighted by Gasteiger charge is -2.15. The summed E-state index contributed by atoms with van der Waals surface area (Å²) in [7, 11) is 0. The number of carbonyl (C=O) groups excluding carboxylic acids is 1. The van der Waals surface area contributed by atoms with Gasteiger partial charge in [0.1, 0.15) is 0 Å². The van der Waals surface area contributed by atoms with Crippen LogP contribution in [0.15, 0.2) is 18.3 Å². The molecule has 1 aliphatic rings. The summed E-state index contributed by atoms with van der Waals surface area (Å²) in [4.78, 5) is 17.7. The quantitative estimate of drug-likeness (QED) is 0.846. The molecular weight excluding hydrogens is 214 g/mol. The highest BCUT2D eigenvalue weighted by Gasteiger charge is 2.20. The number of nitrogens with zero attached hydrogens (tertiary/aromatic N) is 2. The van der Waals surface area contributed by atoms with Crippen molar-refractivity contribution in [2.24, 2.45) is 0 Å². The van der Waals surface area contributed by atoms with E-state index in [4.69, 9.17) is 0 Å². The van der Waals surface area contributed by atoms with Gasteiger partial charge in [0.15, 0.2) is 0 Å². The summed E-state index contributed by atoms with van der Waals surface area (Å²) in [6.07, 6.45) is 4.57. The summed E-state index contributed by atoms with van der Waals surface area (Å²) in [5, 5.41) is 3.33. The van der Waals surface area contributed by atoms with Crippen LogP contribution in [0.3, 0.4) is 0 Å². The van der Waals surface area contributed by atoms with Gasteiger partial charge in [-0.15, -0.1) is 0 Å². The first-order chi connectivity index (χ1) is 8.29. The summed E-state index contributed by atoms with van der Waals surface area (Å²) in [5.41, 5.74) is 2.05. The van der Waals surface area contributed by atoms with Crippen LogP contribution < -0.4 is 5.32 Å². The molecular formula is C13H19N3O. The van der Waals surface area contributed by atoms with E-state index in [1.165, 1.54) is 0 Å². The van der Waals surface area contributed by atoms with Crippen LogP contribution in [0.2, 0.25) is 0 Å². The monoisotopic (exact) mass is 233 g/mol. The molecule has 0 aliphatic carbocycles. The molecule has 0 atom stereocenters. The maximum atomic E-state index is 11.5. The van der Waals surface area contributed by atoms with E-state index >= 15 is 0 Å². The van der Waals surface area contributed by atoms with Gasteiger partial charge in [0.25, 0.3) is 0 Å². The second kappa shape index (κ2) is 5.66. The number of anilines is 1. The molecule has 0 radical (unpaired) electrons. The van der Waals surface area contributed by atoms with E-state index in [0.29, 0.717) is 13.0 Å². The van der Waals surface area contributed by atoms with Gasteiger partial charge in [-0.3, -0.25) is 9.78 Å². The number of likely N-dealkylation sites (tertiary alicyclic amines) is 1. The SMILES string of the molecule is CCCNc1ccnc(CN2CCCC2=O)c1. The first-order valence-corrected chi connectivity index (χ1v) is 6.26. The number of aromatic nitrogens is 1. The van der Waals surface area contributed by atoms with Gasteiger partial charge in [-0.1, -0.05) is 6.92 Å². The largest absolute Gasteiger partial charge is 0.385 e. The maximum absolute atomic E-state index is 11.5. The zero-order chi connectivity index (χ0) is 12.1. The van der Waals surface area contributed by atoms with Crippen molar-refractivity contribution in [2.45, 2.75) is 32.7 Å². The fourth-order valence-electron chi connectivity index (χ4n) is 2.01. The minimum absolute atomic E-state index is 0.249. The van der Waals surface area contributed by atoms with E-state index in [1.807, 2.05) is 17.0 Å². The number of amides is 1. The van der Waals surface area contributed by atoms with Crippen molar-refractivity contribution < 1.29 is 4.79 Å². The highest BCUT2D eigenvalue weighted by molar-refractivity contribution is 5.78. The molecule has 2 rings (SSSR count). The predicted molar refractivity (Wildman–Crippen MR) is 67.7 cm³/mol. The third-order valence-electron chi connectivity index (χ3n) is 2.92. The second-order valence-corrected chi connectivity index (χ2v) is 4.38. The molecule has 0 saturated carbocycles. The Kier molecular flexibility index (Phi) is 3.96. The van der Waals surface area contributed by atoms with E-state index in [0.717, 1.165) is 37.3 Å². The van der Waals surface area contributed by atoms with Gasteiger partial charge in [-0.2, -0.15) is 0 Å². The molecule has 0 aromatic carbocycles. The standard InChI is InChI=1S/C13H19N3O/c1-2-6-14-11-5-7-15-12(9-11)10-16-8-3-4-13(16)17/h5,7,9H,2-4,6,8,10H2,1H3,(H,14,15). The fourth-order valence-corrected chi connectivity index (χ4v) is 2.01. The molecule has 4 nitrogen and oxygen atoms in total. The molecule has 1 fully saturated rings. The van der Waals surface area contributed by atoms with Crippen LogP contribution in [0, 0.1) is 0 Å². The van der Waals surface area contributed by atoms with Gasteiger partial charge in [-0.05, 0) is 25.0 Å². The Morgan fingerprint density at radius 3 is 3.12 bits per heavy atom. The summed E-state index contributed by atoms with van der Waals surface area (Å²) in [6.45, 7) is 4.61. The Morgan fingerprint density at radius 2 is 2.41 bits per heavy atom. The van der Waals surface area contributed by atoms with Gasteiger partial charge in [0.2, 0.25) is 5.91 Å². The maximum Gasteiger partial charge on any atom is 0.222 e. The third kappa shape index (κ3) is 3.19. The molecule has 2 heterocycles. The van der Waals surface area contributed by atoms with Crippen molar-refractivity contribution in [2.75, 3.05) is 18.4 Å². The number of pyridine rings is 1. The molecule has 0 spiro atoms. The average Bonchev–Trinajstić information content (AvgIpc) is 2.73. The molecule has 0 unspecified atom stereocenters. The summed E-state index contributed by atoms with van der Waals surface area (Å²) in [6, 6.07) is 3.99. The number of nitrogens with one attached hydrogen (secondary N) is 1. The van der Waals surface area contributed by atoms with Gasteiger partial charge < -0.3 is 10.2 Å². The van der Waals surface area contributed by atoms with Crippen LogP contribution in [0.25, 0.3) is 0 Å². The van der Waals surface area contributed by atoms with Crippen molar-refractivity contribution in [3.63, 3.8) is 0 Å². The van der Waals surface area contributed by atoms with Crippen LogP contribution in [0.5, 0.6) is 0 Å². The average molecular weight is 233 g/mol. The van der Waals surface area contributed by atoms with Crippen molar-refractivity contribution >= 4 is 11.6 Å². The molecule has 1 saturated heterocycles. The Balaban J connectivity index is 1.98. The Bertz CT molecular complexity index is 392. The van der Waals surface area contributed by atoms with Crippen LogP contribution in [0.4, 0.5) is 5.69 Å². The first-order valence-electron chi connectivity index (χ1n) is 6.26. The highest BCUT2D eigenvalue weighted by atomic mass is 16.2. The van der Waals surface area contributed by atoms with Crippen molar-refractivity contribution in [1.82, 2.24) is 9.88 Å². The van der Waals surface area contributed by atoms with Gasteiger partial charge in [-0.25, -0.2) is 0 Å². The molecule has 1 N–H and O–H groups in total. The van der Waals surface area contributed by atoms with Gasteiger partial charge >= 0.3 is 0 Å². The van der Waals surface area contributed by atoms with Crippen molar-refractivity contribution in [3.05, 3.63) is 24.0 Å². The number of carbonyl (C=O) groups is 1. The van der Waals surface area contributed by atoms with E-state index in [2.05, 4.69) is 17.2 Å². The molecule has 1 aromatic heterocycles. The van der Waals surface area contributed by atoms with E-state index in [9.17, 15) is 4.79 Å². The third-order valence-corrected chi connectivity index (χ3v) is 2.92. The zero-order valence-corrected chi connectivity index (χ0v) is 10.3. The smallest absolute Gasteiger partial charge is 0.222 e. The number of hydrogen-bond donors (Lipinski definition) is 1. The Morgan fingerprint density at radius 1 is 1.53 bits per heavy atom. The highest BCUT2D eigenvalue weighted by Crippen LogP contribution is 2.15. The predicted octanol–water partition coefficient (Wildman–Crippen LogP) is 2.03.